The average molecular weight is 349 g/mol. The lowest BCUT2D eigenvalue weighted by atomic mass is 10.1. The number of nitro benzene ring substituents is 1. The van der Waals surface area contributed by atoms with Gasteiger partial charge in [-0.05, 0) is 54.8 Å². The molecular formula is C20H19N3O3. The lowest BCUT2D eigenvalue weighted by Gasteiger charge is -2.09. The molecule has 132 valence electrons. The van der Waals surface area contributed by atoms with E-state index in [-0.39, 0.29) is 12.3 Å². The average Bonchev–Trinajstić information content (AvgIpc) is 3.10. The van der Waals surface area contributed by atoms with Crippen molar-refractivity contribution in [3.8, 4) is 5.69 Å². The number of rotatable bonds is 6. The molecule has 3 aromatic rings. The van der Waals surface area contributed by atoms with Crippen LogP contribution in [0.25, 0.3) is 5.69 Å². The van der Waals surface area contributed by atoms with Crippen LogP contribution in [0.15, 0.2) is 65.9 Å². The maximum Gasteiger partial charge on any atom is 0.269 e. The van der Waals surface area contributed by atoms with E-state index in [0.29, 0.717) is 5.56 Å². The fourth-order valence-corrected chi connectivity index (χ4v) is 2.57. The minimum absolute atomic E-state index is 0.0405. The Hall–Kier alpha value is -3.41. The Morgan fingerprint density at radius 3 is 2.73 bits per heavy atom. The number of nitro groups is 1. The topological polar surface area (TPSA) is 69.7 Å². The molecule has 0 radical (unpaired) electrons. The fourth-order valence-electron chi connectivity index (χ4n) is 2.57. The lowest BCUT2D eigenvalue weighted by molar-refractivity contribution is -0.384. The standard InChI is InChI=1S/C20H19N3O3/c1-15-8-9-18(11-16(15)2)22-10-4-7-20(22)13-21-26-14-17-5-3-6-19(12-17)23(24)25/h3-13H,14H2,1-2H3/b21-13-. The van der Waals surface area contributed by atoms with Crippen LogP contribution >= 0.6 is 0 Å². The van der Waals surface area contributed by atoms with E-state index in [0.717, 1.165) is 11.4 Å². The molecule has 0 aliphatic carbocycles. The van der Waals surface area contributed by atoms with Gasteiger partial charge in [-0.15, -0.1) is 0 Å². The van der Waals surface area contributed by atoms with Crippen molar-refractivity contribution in [3.63, 3.8) is 0 Å². The van der Waals surface area contributed by atoms with E-state index in [9.17, 15) is 10.1 Å². The lowest BCUT2D eigenvalue weighted by Crippen LogP contribution is -1.99. The molecule has 0 bridgehead atoms. The molecule has 1 heterocycles. The molecule has 0 aliphatic heterocycles. The summed E-state index contributed by atoms with van der Waals surface area (Å²) in [5.74, 6) is 0. The Balaban J connectivity index is 1.68. The van der Waals surface area contributed by atoms with Crippen molar-refractivity contribution < 1.29 is 9.76 Å². The second kappa shape index (κ2) is 7.65. The SMILES string of the molecule is Cc1ccc(-n2cccc2/C=N\OCc2cccc([N+](=O)[O-])c2)cc1C. The normalized spacial score (nSPS) is 11.0. The molecule has 3 rings (SSSR count). The summed E-state index contributed by atoms with van der Waals surface area (Å²) in [6.45, 7) is 4.33. The predicted octanol–water partition coefficient (Wildman–Crippen LogP) is 4.55. The Morgan fingerprint density at radius 1 is 1.12 bits per heavy atom. The summed E-state index contributed by atoms with van der Waals surface area (Å²) >= 11 is 0. The first kappa shape index (κ1) is 17.4. The summed E-state index contributed by atoms with van der Waals surface area (Å²) in [5, 5.41) is 14.8. The van der Waals surface area contributed by atoms with Gasteiger partial charge in [-0.2, -0.15) is 0 Å². The van der Waals surface area contributed by atoms with Gasteiger partial charge in [0, 0.05) is 24.0 Å². The van der Waals surface area contributed by atoms with Crippen LogP contribution in [-0.4, -0.2) is 15.7 Å². The molecule has 6 nitrogen and oxygen atoms in total. The van der Waals surface area contributed by atoms with Gasteiger partial charge in [-0.3, -0.25) is 10.1 Å². The first-order valence-electron chi connectivity index (χ1n) is 8.18. The van der Waals surface area contributed by atoms with Gasteiger partial charge in [0.2, 0.25) is 0 Å². The number of hydrogen-bond donors (Lipinski definition) is 0. The van der Waals surface area contributed by atoms with Crippen molar-refractivity contribution in [3.05, 3.63) is 93.3 Å². The molecule has 0 aliphatic rings. The summed E-state index contributed by atoms with van der Waals surface area (Å²) in [5.41, 5.74) is 5.14. The largest absolute Gasteiger partial charge is 0.391 e. The number of nitrogens with zero attached hydrogens (tertiary/aromatic N) is 3. The van der Waals surface area contributed by atoms with Crippen molar-refractivity contribution in [2.45, 2.75) is 20.5 Å². The second-order valence-corrected chi connectivity index (χ2v) is 6.01. The Kier molecular flexibility index (Phi) is 5.12. The Bertz CT molecular complexity index is 960. The summed E-state index contributed by atoms with van der Waals surface area (Å²) in [6, 6.07) is 16.5. The fraction of sp³-hybridized carbons (Fsp3) is 0.150. The molecule has 6 heteroatoms. The van der Waals surface area contributed by atoms with E-state index in [2.05, 4.69) is 37.2 Å². The number of hydrogen-bond acceptors (Lipinski definition) is 4. The van der Waals surface area contributed by atoms with Crippen molar-refractivity contribution in [1.82, 2.24) is 4.57 Å². The summed E-state index contributed by atoms with van der Waals surface area (Å²) in [7, 11) is 0. The van der Waals surface area contributed by atoms with E-state index in [1.807, 2.05) is 22.9 Å². The van der Waals surface area contributed by atoms with Crippen LogP contribution in [-0.2, 0) is 11.4 Å². The Morgan fingerprint density at radius 2 is 1.96 bits per heavy atom. The van der Waals surface area contributed by atoms with E-state index >= 15 is 0 Å². The number of aryl methyl sites for hydroxylation is 2. The predicted molar refractivity (Wildman–Crippen MR) is 101 cm³/mol. The van der Waals surface area contributed by atoms with Crippen LogP contribution in [0.1, 0.15) is 22.4 Å². The molecule has 1 aromatic heterocycles. The highest BCUT2D eigenvalue weighted by molar-refractivity contribution is 5.78. The van der Waals surface area contributed by atoms with Gasteiger partial charge < -0.3 is 9.40 Å². The maximum atomic E-state index is 10.8. The van der Waals surface area contributed by atoms with E-state index in [1.54, 1.807) is 18.3 Å². The first-order valence-corrected chi connectivity index (χ1v) is 8.18. The zero-order chi connectivity index (χ0) is 18.5. The van der Waals surface area contributed by atoms with Gasteiger partial charge in [-0.1, -0.05) is 23.4 Å². The second-order valence-electron chi connectivity index (χ2n) is 6.01. The first-order chi connectivity index (χ1) is 12.5. The number of aromatic nitrogens is 1. The van der Waals surface area contributed by atoms with Crippen molar-refractivity contribution in [2.24, 2.45) is 5.16 Å². The zero-order valence-corrected chi connectivity index (χ0v) is 14.6. The van der Waals surface area contributed by atoms with Gasteiger partial charge in [-0.25, -0.2) is 0 Å². The monoisotopic (exact) mass is 349 g/mol. The number of oxime groups is 1. The third kappa shape index (κ3) is 3.97. The molecule has 0 fully saturated rings. The van der Waals surface area contributed by atoms with Gasteiger partial charge in [0.05, 0.1) is 16.8 Å². The molecule has 0 saturated carbocycles. The molecule has 0 unspecified atom stereocenters. The molecule has 0 spiro atoms. The van der Waals surface area contributed by atoms with Gasteiger partial charge in [0.1, 0.15) is 6.61 Å². The van der Waals surface area contributed by atoms with Gasteiger partial charge in [0.25, 0.3) is 5.69 Å². The minimum atomic E-state index is -0.427. The van der Waals surface area contributed by atoms with Crippen molar-refractivity contribution in [1.29, 1.82) is 0 Å². The van der Waals surface area contributed by atoms with Gasteiger partial charge in [0.15, 0.2) is 0 Å². The van der Waals surface area contributed by atoms with Crippen LogP contribution in [0, 0.1) is 24.0 Å². The molecule has 0 N–H and O–H groups in total. The minimum Gasteiger partial charge on any atom is -0.391 e. The van der Waals surface area contributed by atoms with Gasteiger partial charge >= 0.3 is 0 Å². The van der Waals surface area contributed by atoms with Crippen molar-refractivity contribution >= 4 is 11.9 Å². The van der Waals surface area contributed by atoms with Crippen molar-refractivity contribution in [2.75, 3.05) is 0 Å². The molecule has 2 aromatic carbocycles. The highest BCUT2D eigenvalue weighted by atomic mass is 16.6. The van der Waals surface area contributed by atoms with Crippen LogP contribution in [0.5, 0.6) is 0 Å². The third-order valence-electron chi connectivity index (χ3n) is 4.16. The van der Waals surface area contributed by atoms with E-state index < -0.39 is 4.92 Å². The van der Waals surface area contributed by atoms with Crippen LogP contribution in [0.2, 0.25) is 0 Å². The maximum absolute atomic E-state index is 10.8. The highest BCUT2D eigenvalue weighted by Crippen LogP contribution is 2.17. The zero-order valence-electron chi connectivity index (χ0n) is 14.6. The van der Waals surface area contributed by atoms with Crippen LogP contribution < -0.4 is 0 Å². The molecule has 0 amide bonds. The highest BCUT2D eigenvalue weighted by Gasteiger charge is 2.06. The van der Waals surface area contributed by atoms with E-state index in [1.165, 1.54) is 23.3 Å². The molecule has 0 atom stereocenters. The molecular weight excluding hydrogens is 330 g/mol. The third-order valence-corrected chi connectivity index (χ3v) is 4.16. The quantitative estimate of drug-likeness (QED) is 0.372. The molecule has 0 saturated heterocycles. The smallest absolute Gasteiger partial charge is 0.269 e. The molecule has 26 heavy (non-hydrogen) atoms. The Labute approximate surface area is 151 Å². The number of non-ortho nitro benzene ring substituents is 1. The van der Waals surface area contributed by atoms with Crippen LogP contribution in [0.4, 0.5) is 5.69 Å². The summed E-state index contributed by atoms with van der Waals surface area (Å²) in [6.07, 6.45) is 3.60. The summed E-state index contributed by atoms with van der Waals surface area (Å²) in [4.78, 5) is 15.7. The summed E-state index contributed by atoms with van der Waals surface area (Å²) < 4.78 is 2.02. The number of benzene rings is 2. The van der Waals surface area contributed by atoms with Crippen LogP contribution in [0.3, 0.4) is 0 Å². The van der Waals surface area contributed by atoms with E-state index in [4.69, 9.17) is 4.84 Å².